The predicted molar refractivity (Wildman–Crippen MR) is 157 cm³/mol. The molecule has 3 aromatic rings. The van der Waals surface area contributed by atoms with E-state index in [4.69, 9.17) is 23.2 Å². The zero-order chi connectivity index (χ0) is 31.2. The van der Waals surface area contributed by atoms with Crippen molar-refractivity contribution in [3.8, 4) is 0 Å². The number of carbonyl (C=O) groups is 2. The van der Waals surface area contributed by atoms with E-state index in [0.717, 1.165) is 11.0 Å². The number of benzene rings is 3. The Balaban J connectivity index is 2.12. The summed E-state index contributed by atoms with van der Waals surface area (Å²) in [6.07, 6.45) is -4.19. The second-order valence-electron chi connectivity index (χ2n) is 9.63. The largest absolute Gasteiger partial charge is 0.416 e. The smallest absolute Gasteiger partial charge is 0.352 e. The molecule has 13 heteroatoms. The van der Waals surface area contributed by atoms with E-state index in [2.05, 4.69) is 5.32 Å². The lowest BCUT2D eigenvalue weighted by Gasteiger charge is -2.33. The molecule has 1 N–H and O–H groups in total. The van der Waals surface area contributed by atoms with Crippen LogP contribution in [0.25, 0.3) is 0 Å². The number of alkyl halides is 3. The van der Waals surface area contributed by atoms with Gasteiger partial charge in [-0.3, -0.25) is 13.9 Å². The number of hydrogen-bond donors (Lipinski definition) is 1. The molecule has 0 unspecified atom stereocenters. The second kappa shape index (κ2) is 13.8. The van der Waals surface area contributed by atoms with Gasteiger partial charge in [-0.05, 0) is 68.3 Å². The quantitative estimate of drug-likeness (QED) is 0.257. The van der Waals surface area contributed by atoms with Gasteiger partial charge in [0.25, 0.3) is 10.0 Å². The maximum absolute atomic E-state index is 13.9. The number of rotatable bonds is 11. The number of nitrogens with zero attached hydrogens (tertiary/aromatic N) is 2. The third-order valence-corrected chi connectivity index (χ3v) is 8.89. The number of carbonyl (C=O) groups excluding carboxylic acids is 2. The van der Waals surface area contributed by atoms with Gasteiger partial charge in [-0.2, -0.15) is 13.2 Å². The van der Waals surface area contributed by atoms with Gasteiger partial charge >= 0.3 is 6.18 Å². The minimum Gasteiger partial charge on any atom is -0.352 e. The highest BCUT2D eigenvalue weighted by molar-refractivity contribution is 7.92. The van der Waals surface area contributed by atoms with Gasteiger partial charge in [0, 0.05) is 17.6 Å². The van der Waals surface area contributed by atoms with Crippen LogP contribution in [-0.4, -0.2) is 43.8 Å². The van der Waals surface area contributed by atoms with Crippen LogP contribution in [0.1, 0.15) is 38.3 Å². The molecule has 0 aliphatic carbocycles. The molecule has 3 aromatic carbocycles. The lowest BCUT2D eigenvalue weighted by molar-refractivity contribution is -0.139. The van der Waals surface area contributed by atoms with Crippen molar-refractivity contribution in [3.05, 3.63) is 94.0 Å². The molecular formula is C29H30Cl2F3N3O4S. The first-order valence-electron chi connectivity index (χ1n) is 12.9. The van der Waals surface area contributed by atoms with E-state index in [0.29, 0.717) is 33.4 Å². The molecule has 0 aliphatic heterocycles. The van der Waals surface area contributed by atoms with Gasteiger partial charge in [-0.25, -0.2) is 8.42 Å². The molecule has 0 fully saturated rings. The molecule has 3 rings (SSSR count). The van der Waals surface area contributed by atoms with Gasteiger partial charge < -0.3 is 10.2 Å². The normalized spacial score (nSPS) is 13.2. The molecule has 0 saturated heterocycles. The van der Waals surface area contributed by atoms with E-state index in [9.17, 15) is 31.2 Å². The van der Waals surface area contributed by atoms with Crippen molar-refractivity contribution in [1.82, 2.24) is 10.2 Å². The minimum absolute atomic E-state index is 0.135. The van der Waals surface area contributed by atoms with Crippen molar-refractivity contribution in [2.45, 2.75) is 56.9 Å². The predicted octanol–water partition coefficient (Wildman–Crippen LogP) is 6.54. The van der Waals surface area contributed by atoms with Crippen molar-refractivity contribution in [1.29, 1.82) is 0 Å². The maximum atomic E-state index is 13.9. The topological polar surface area (TPSA) is 86.8 Å². The highest BCUT2D eigenvalue weighted by Gasteiger charge is 2.36. The van der Waals surface area contributed by atoms with Crippen LogP contribution >= 0.6 is 23.2 Å². The van der Waals surface area contributed by atoms with Gasteiger partial charge in [-0.15, -0.1) is 0 Å². The first-order valence-corrected chi connectivity index (χ1v) is 15.1. The third-order valence-electron chi connectivity index (χ3n) is 6.56. The molecule has 0 bridgehead atoms. The monoisotopic (exact) mass is 643 g/mol. The van der Waals surface area contributed by atoms with Crippen LogP contribution in [0.3, 0.4) is 0 Å². The van der Waals surface area contributed by atoms with E-state index in [-0.39, 0.29) is 22.5 Å². The number of anilines is 1. The van der Waals surface area contributed by atoms with Crippen LogP contribution < -0.4 is 9.62 Å². The van der Waals surface area contributed by atoms with Crippen LogP contribution in [0, 0.1) is 0 Å². The summed E-state index contributed by atoms with van der Waals surface area (Å²) in [6.45, 7) is 4.06. The number of amides is 2. The molecule has 42 heavy (non-hydrogen) atoms. The van der Waals surface area contributed by atoms with Crippen molar-refractivity contribution >= 4 is 50.7 Å². The SMILES string of the molecule is CC[C@H](C)NC(=O)[C@@H](C)N(Cc1cccc(Cl)c1)C(=O)CN(c1cc(C(F)(F)F)ccc1Cl)S(=O)(=O)c1ccccc1. The molecule has 0 spiro atoms. The molecule has 0 aromatic heterocycles. The average molecular weight is 645 g/mol. The lowest BCUT2D eigenvalue weighted by atomic mass is 10.1. The summed E-state index contributed by atoms with van der Waals surface area (Å²) in [5, 5.41) is 2.85. The van der Waals surface area contributed by atoms with Crippen LogP contribution in [0.4, 0.5) is 18.9 Å². The minimum atomic E-state index is -4.81. The Bertz CT molecular complexity index is 1520. The fraction of sp³-hybridized carbons (Fsp3) is 0.310. The number of halogens is 5. The summed E-state index contributed by atoms with van der Waals surface area (Å²) in [5.41, 5.74) is -1.14. The number of nitrogens with one attached hydrogen (secondary N) is 1. The summed E-state index contributed by atoms with van der Waals surface area (Å²) < 4.78 is 69.1. The molecular weight excluding hydrogens is 614 g/mol. The van der Waals surface area contributed by atoms with Crippen LogP contribution in [0.2, 0.25) is 10.0 Å². The summed E-state index contributed by atoms with van der Waals surface area (Å²) in [6, 6.07) is 14.4. The second-order valence-corrected chi connectivity index (χ2v) is 12.3. The maximum Gasteiger partial charge on any atom is 0.416 e. The van der Waals surface area contributed by atoms with Gasteiger partial charge in [0.1, 0.15) is 12.6 Å². The molecule has 0 radical (unpaired) electrons. The summed E-state index contributed by atoms with van der Waals surface area (Å²) >= 11 is 12.4. The standard InChI is InChI=1S/C29H30Cl2F3N3O4S/c1-4-19(2)35-28(39)20(3)36(17-21-9-8-10-23(30)15-21)27(38)18-37(42(40,41)24-11-6-5-7-12-24)26-16-22(29(32,33)34)13-14-25(26)31/h5-16,19-20H,4,17-18H2,1-3H3,(H,35,39)/t19-,20+/m0/s1. The zero-order valence-electron chi connectivity index (χ0n) is 23.0. The van der Waals surface area contributed by atoms with E-state index in [1.54, 1.807) is 37.3 Å². The van der Waals surface area contributed by atoms with Gasteiger partial charge in [0.15, 0.2) is 0 Å². The van der Waals surface area contributed by atoms with Gasteiger partial charge in [0.05, 0.1) is 21.2 Å². The van der Waals surface area contributed by atoms with Crippen molar-refractivity contribution in [3.63, 3.8) is 0 Å². The first-order chi connectivity index (χ1) is 19.6. The van der Waals surface area contributed by atoms with Gasteiger partial charge in [0.2, 0.25) is 11.8 Å². The molecule has 7 nitrogen and oxygen atoms in total. The molecule has 2 atom stereocenters. The van der Waals surface area contributed by atoms with Gasteiger partial charge in [-0.1, -0.05) is 60.5 Å². The molecule has 0 saturated carbocycles. The van der Waals surface area contributed by atoms with Crippen LogP contribution in [0.5, 0.6) is 0 Å². The number of sulfonamides is 1. The highest BCUT2D eigenvalue weighted by atomic mass is 35.5. The Kier molecular flexibility index (Phi) is 10.9. The summed E-state index contributed by atoms with van der Waals surface area (Å²) in [4.78, 5) is 27.9. The molecule has 0 heterocycles. The Labute approximate surface area is 253 Å². The summed E-state index contributed by atoms with van der Waals surface area (Å²) in [7, 11) is -4.60. The Morgan fingerprint density at radius 1 is 0.952 bits per heavy atom. The molecule has 0 aliphatic rings. The van der Waals surface area contributed by atoms with Crippen molar-refractivity contribution in [2.24, 2.45) is 0 Å². The van der Waals surface area contributed by atoms with Crippen molar-refractivity contribution in [2.75, 3.05) is 10.8 Å². The average Bonchev–Trinajstić information content (AvgIpc) is 2.94. The Hall–Kier alpha value is -3.28. The van der Waals surface area contributed by atoms with Crippen LogP contribution in [-0.2, 0) is 32.3 Å². The number of hydrogen-bond acceptors (Lipinski definition) is 4. The first kappa shape index (κ1) is 33.2. The Morgan fingerprint density at radius 3 is 2.21 bits per heavy atom. The fourth-order valence-electron chi connectivity index (χ4n) is 3.99. The lowest BCUT2D eigenvalue weighted by Crippen LogP contribution is -2.52. The highest BCUT2D eigenvalue weighted by Crippen LogP contribution is 2.37. The van der Waals surface area contributed by atoms with Crippen LogP contribution in [0.15, 0.2) is 77.7 Å². The molecule has 2 amide bonds. The van der Waals surface area contributed by atoms with E-state index in [1.165, 1.54) is 31.2 Å². The van der Waals surface area contributed by atoms with E-state index >= 15 is 0 Å². The third kappa shape index (κ3) is 8.17. The van der Waals surface area contributed by atoms with E-state index < -0.39 is 51.9 Å². The summed E-state index contributed by atoms with van der Waals surface area (Å²) in [5.74, 6) is -1.34. The Morgan fingerprint density at radius 2 is 1.62 bits per heavy atom. The van der Waals surface area contributed by atoms with E-state index in [1.807, 2.05) is 6.92 Å². The van der Waals surface area contributed by atoms with Crippen molar-refractivity contribution < 1.29 is 31.2 Å². The fourth-order valence-corrected chi connectivity index (χ4v) is 5.92. The zero-order valence-corrected chi connectivity index (χ0v) is 25.4. The molecule has 226 valence electrons.